The number of hydrogen-bond acceptors (Lipinski definition) is 4. The minimum absolute atomic E-state index is 0.301. The summed E-state index contributed by atoms with van der Waals surface area (Å²) < 4.78 is 7.08. The maximum atomic E-state index is 12.6. The summed E-state index contributed by atoms with van der Waals surface area (Å²) in [4.78, 5) is 25.0. The molecule has 0 aliphatic heterocycles. The zero-order chi connectivity index (χ0) is 21.7. The van der Waals surface area contributed by atoms with Crippen molar-refractivity contribution in [2.24, 2.45) is 0 Å². The Balaban J connectivity index is 1.74. The van der Waals surface area contributed by atoms with E-state index in [1.165, 1.54) is 6.08 Å². The molecule has 0 radical (unpaired) electrons. The number of amides is 1. The smallest absolute Gasteiger partial charge is 0.331 e. The maximum Gasteiger partial charge on any atom is 0.331 e. The van der Waals surface area contributed by atoms with Crippen molar-refractivity contribution < 1.29 is 14.3 Å². The number of aryl methyl sites for hydroxylation is 1. The number of esters is 1. The maximum absolute atomic E-state index is 12.6. The van der Waals surface area contributed by atoms with Gasteiger partial charge in [0.05, 0.1) is 18.8 Å². The molecule has 160 valence electrons. The first kappa shape index (κ1) is 22.1. The van der Waals surface area contributed by atoms with Gasteiger partial charge in [0.25, 0.3) is 0 Å². The molecule has 2 aromatic rings. The van der Waals surface area contributed by atoms with Crippen LogP contribution in [0.15, 0.2) is 30.3 Å². The Morgan fingerprint density at radius 3 is 2.63 bits per heavy atom. The van der Waals surface area contributed by atoms with Gasteiger partial charge in [0.15, 0.2) is 0 Å². The first-order valence-electron chi connectivity index (χ1n) is 10.3. The van der Waals surface area contributed by atoms with Crippen LogP contribution in [0.1, 0.15) is 55.1 Å². The lowest BCUT2D eigenvalue weighted by Crippen LogP contribution is -2.52. The van der Waals surface area contributed by atoms with Gasteiger partial charge in [-0.1, -0.05) is 42.6 Å². The highest BCUT2D eigenvalue weighted by molar-refractivity contribution is 6.31. The Kier molecular flexibility index (Phi) is 6.98. The first-order valence-corrected chi connectivity index (χ1v) is 10.7. The summed E-state index contributed by atoms with van der Waals surface area (Å²) in [5, 5.41) is 8.19. The van der Waals surface area contributed by atoms with E-state index in [0.29, 0.717) is 31.0 Å². The molecule has 0 atom stereocenters. The van der Waals surface area contributed by atoms with Gasteiger partial charge in [0.1, 0.15) is 5.54 Å². The van der Waals surface area contributed by atoms with Crippen LogP contribution < -0.4 is 5.32 Å². The number of benzene rings is 1. The van der Waals surface area contributed by atoms with Gasteiger partial charge in [-0.25, -0.2) is 4.79 Å². The summed E-state index contributed by atoms with van der Waals surface area (Å²) in [6.07, 6.45) is 6.24. The van der Waals surface area contributed by atoms with E-state index in [1.807, 2.05) is 42.8 Å². The molecule has 1 aliphatic rings. The van der Waals surface area contributed by atoms with Crippen LogP contribution in [0.4, 0.5) is 0 Å². The Morgan fingerprint density at radius 2 is 1.97 bits per heavy atom. The monoisotopic (exact) mass is 429 g/mol. The molecule has 1 N–H and O–H groups in total. The first-order chi connectivity index (χ1) is 14.4. The van der Waals surface area contributed by atoms with Gasteiger partial charge in [-0.15, -0.1) is 0 Å². The van der Waals surface area contributed by atoms with Crippen LogP contribution in [0, 0.1) is 13.8 Å². The number of halogens is 1. The number of aromatic nitrogens is 2. The molecule has 1 saturated carbocycles. The lowest BCUT2D eigenvalue weighted by Gasteiger charge is -2.27. The average molecular weight is 430 g/mol. The van der Waals surface area contributed by atoms with Crippen molar-refractivity contribution in [1.82, 2.24) is 15.1 Å². The van der Waals surface area contributed by atoms with Crippen LogP contribution in [-0.2, 0) is 20.9 Å². The normalized spacial score (nSPS) is 15.5. The van der Waals surface area contributed by atoms with Crippen LogP contribution in [0.5, 0.6) is 0 Å². The number of hydrogen-bond donors (Lipinski definition) is 1. The number of ether oxygens (including phenoxy) is 1. The lowest BCUT2D eigenvalue weighted by atomic mass is 9.97. The number of carbonyl (C=O) groups excluding carboxylic acids is 2. The molecule has 1 heterocycles. The zero-order valence-corrected chi connectivity index (χ0v) is 18.5. The molecule has 3 rings (SSSR count). The van der Waals surface area contributed by atoms with E-state index >= 15 is 0 Å². The second-order valence-electron chi connectivity index (χ2n) is 7.67. The lowest BCUT2D eigenvalue weighted by molar-refractivity contribution is -0.152. The van der Waals surface area contributed by atoms with Gasteiger partial charge in [-0.05, 0) is 51.3 Å². The van der Waals surface area contributed by atoms with Crippen molar-refractivity contribution >= 4 is 29.6 Å². The minimum Gasteiger partial charge on any atom is -0.464 e. The van der Waals surface area contributed by atoms with Crippen molar-refractivity contribution in [2.75, 3.05) is 6.61 Å². The molecule has 0 spiro atoms. The Morgan fingerprint density at radius 1 is 1.27 bits per heavy atom. The molecule has 1 aromatic carbocycles. The Bertz CT molecular complexity index is 959. The van der Waals surface area contributed by atoms with Crippen molar-refractivity contribution in [2.45, 2.75) is 58.5 Å². The van der Waals surface area contributed by atoms with Crippen molar-refractivity contribution in [1.29, 1.82) is 0 Å². The van der Waals surface area contributed by atoms with Crippen LogP contribution in [0.2, 0.25) is 5.02 Å². The third-order valence-electron chi connectivity index (χ3n) is 5.60. The van der Waals surface area contributed by atoms with E-state index in [2.05, 4.69) is 10.4 Å². The van der Waals surface area contributed by atoms with E-state index in [9.17, 15) is 9.59 Å². The standard InChI is InChI=1S/C23H28ClN3O3/c1-4-30-22(29)23(13-7-8-14-23)25-21(28)12-11-19-16(2)26-27(17(19)3)15-18-9-5-6-10-20(18)24/h5-6,9-12H,4,7-8,13-15H2,1-3H3,(H,25,28). The van der Waals surface area contributed by atoms with Crippen LogP contribution in [-0.4, -0.2) is 33.8 Å². The molecule has 1 aromatic heterocycles. The Labute approximate surface area is 182 Å². The fraction of sp³-hybridized carbons (Fsp3) is 0.435. The average Bonchev–Trinajstić information content (AvgIpc) is 3.28. The van der Waals surface area contributed by atoms with Crippen molar-refractivity contribution in [3.63, 3.8) is 0 Å². The summed E-state index contributed by atoms with van der Waals surface area (Å²) in [5.41, 5.74) is 2.72. The molecular formula is C23H28ClN3O3. The van der Waals surface area contributed by atoms with Gasteiger partial charge in [-0.3, -0.25) is 9.48 Å². The molecular weight excluding hydrogens is 402 g/mol. The largest absolute Gasteiger partial charge is 0.464 e. The van der Waals surface area contributed by atoms with Gasteiger partial charge < -0.3 is 10.1 Å². The van der Waals surface area contributed by atoms with Gasteiger partial charge in [0.2, 0.25) is 5.91 Å². The van der Waals surface area contributed by atoms with E-state index in [1.54, 1.807) is 13.0 Å². The summed E-state index contributed by atoms with van der Waals surface area (Å²) >= 11 is 6.27. The molecule has 1 amide bonds. The molecule has 6 nitrogen and oxygen atoms in total. The third-order valence-corrected chi connectivity index (χ3v) is 5.97. The van der Waals surface area contributed by atoms with Gasteiger partial charge in [-0.2, -0.15) is 5.10 Å². The molecule has 1 fully saturated rings. The summed E-state index contributed by atoms with van der Waals surface area (Å²) in [6, 6.07) is 7.67. The minimum atomic E-state index is -0.907. The Hall–Kier alpha value is -2.60. The second kappa shape index (κ2) is 9.47. The van der Waals surface area contributed by atoms with E-state index in [-0.39, 0.29) is 11.9 Å². The highest BCUT2D eigenvalue weighted by Crippen LogP contribution is 2.31. The number of rotatable bonds is 7. The van der Waals surface area contributed by atoms with Crippen LogP contribution in [0.25, 0.3) is 6.08 Å². The fourth-order valence-electron chi connectivity index (χ4n) is 3.96. The SMILES string of the molecule is CCOC(=O)C1(NC(=O)C=Cc2c(C)nn(Cc3ccccc3Cl)c2C)CCCC1. The van der Waals surface area contributed by atoms with E-state index < -0.39 is 5.54 Å². The quantitative estimate of drug-likeness (QED) is 0.528. The number of nitrogens with one attached hydrogen (secondary N) is 1. The summed E-state index contributed by atoms with van der Waals surface area (Å²) in [7, 11) is 0. The fourth-order valence-corrected chi connectivity index (χ4v) is 4.15. The second-order valence-corrected chi connectivity index (χ2v) is 8.07. The molecule has 7 heteroatoms. The van der Waals surface area contributed by atoms with E-state index in [0.717, 1.165) is 35.4 Å². The van der Waals surface area contributed by atoms with Crippen molar-refractivity contribution in [3.8, 4) is 0 Å². The summed E-state index contributed by atoms with van der Waals surface area (Å²) in [6.45, 7) is 6.50. The molecule has 0 unspecified atom stereocenters. The zero-order valence-electron chi connectivity index (χ0n) is 17.7. The van der Waals surface area contributed by atoms with E-state index in [4.69, 9.17) is 16.3 Å². The number of nitrogens with zero attached hydrogens (tertiary/aromatic N) is 2. The summed E-state index contributed by atoms with van der Waals surface area (Å²) in [5.74, 6) is -0.647. The van der Waals surface area contributed by atoms with Crippen LogP contribution in [0.3, 0.4) is 0 Å². The highest BCUT2D eigenvalue weighted by Gasteiger charge is 2.43. The highest BCUT2D eigenvalue weighted by atomic mass is 35.5. The predicted molar refractivity (Wildman–Crippen MR) is 117 cm³/mol. The molecule has 30 heavy (non-hydrogen) atoms. The van der Waals surface area contributed by atoms with Gasteiger partial charge in [0, 0.05) is 22.4 Å². The number of carbonyl (C=O) groups is 2. The van der Waals surface area contributed by atoms with Gasteiger partial charge >= 0.3 is 5.97 Å². The topological polar surface area (TPSA) is 73.2 Å². The predicted octanol–water partition coefficient (Wildman–Crippen LogP) is 4.21. The third kappa shape index (κ3) is 4.75. The molecule has 0 saturated heterocycles. The molecule has 0 bridgehead atoms. The van der Waals surface area contributed by atoms with Crippen molar-refractivity contribution in [3.05, 3.63) is 57.9 Å². The van der Waals surface area contributed by atoms with Crippen LogP contribution >= 0.6 is 11.6 Å². The molecule has 1 aliphatic carbocycles.